The molecule has 0 aliphatic heterocycles. The number of carbonyl (C=O) groups excluding carboxylic acids is 1. The van der Waals surface area contributed by atoms with Crippen molar-refractivity contribution in [3.63, 3.8) is 0 Å². The van der Waals surface area contributed by atoms with Crippen LogP contribution in [0.2, 0.25) is 0 Å². The molecular formula is C30H50O4. The van der Waals surface area contributed by atoms with Gasteiger partial charge in [-0.2, -0.15) is 0 Å². The van der Waals surface area contributed by atoms with E-state index in [1.54, 1.807) is 0 Å². The minimum atomic E-state index is -1.13. The fourth-order valence-electron chi connectivity index (χ4n) is 9.46. The van der Waals surface area contributed by atoms with Crippen LogP contribution in [0.1, 0.15) is 106 Å². The minimum Gasteiger partial charge on any atom is -0.459 e. The molecule has 2 N–H and O–H groups in total. The third kappa shape index (κ3) is 4.09. The fraction of sp³-hybridized carbons (Fsp3) is 0.900. The van der Waals surface area contributed by atoms with Crippen LogP contribution in [0, 0.1) is 46.3 Å². The van der Waals surface area contributed by atoms with Crippen molar-refractivity contribution in [3.05, 3.63) is 12.2 Å². The summed E-state index contributed by atoms with van der Waals surface area (Å²) in [6.07, 6.45) is 8.85. The number of fused-ring (bicyclic) bond motifs is 5. The van der Waals surface area contributed by atoms with Gasteiger partial charge in [0.25, 0.3) is 0 Å². The number of rotatable bonds is 6. The van der Waals surface area contributed by atoms with Gasteiger partial charge in [-0.3, -0.25) is 4.79 Å². The Balaban J connectivity index is 1.58. The molecule has 0 saturated heterocycles. The zero-order valence-electron chi connectivity index (χ0n) is 22.6. The van der Waals surface area contributed by atoms with Gasteiger partial charge in [0.05, 0.1) is 6.10 Å². The van der Waals surface area contributed by atoms with E-state index < -0.39 is 17.8 Å². The van der Waals surface area contributed by atoms with Gasteiger partial charge in [-0.15, -0.1) is 0 Å². The highest BCUT2D eigenvalue weighted by Crippen LogP contribution is 2.69. The smallest absolute Gasteiger partial charge is 0.303 e. The molecule has 4 saturated carbocycles. The molecule has 4 aliphatic carbocycles. The molecule has 0 heterocycles. The van der Waals surface area contributed by atoms with Gasteiger partial charge < -0.3 is 14.9 Å². The van der Waals surface area contributed by atoms with Crippen LogP contribution in [0.3, 0.4) is 0 Å². The minimum absolute atomic E-state index is 0.310. The summed E-state index contributed by atoms with van der Waals surface area (Å²) in [5.74, 6) is 3.19. The van der Waals surface area contributed by atoms with Crippen molar-refractivity contribution in [2.24, 2.45) is 46.3 Å². The molecule has 0 spiro atoms. The highest BCUT2D eigenvalue weighted by molar-refractivity contribution is 5.66. The van der Waals surface area contributed by atoms with Crippen LogP contribution >= 0.6 is 0 Å². The number of aliphatic hydroxyl groups excluding tert-OH is 1. The van der Waals surface area contributed by atoms with Crippen LogP contribution in [-0.4, -0.2) is 34.0 Å². The van der Waals surface area contributed by atoms with Crippen LogP contribution in [0.5, 0.6) is 0 Å². The Labute approximate surface area is 207 Å². The van der Waals surface area contributed by atoms with E-state index in [0.717, 1.165) is 38.0 Å². The molecule has 4 rings (SSSR count). The first-order chi connectivity index (χ1) is 15.8. The first-order valence-corrected chi connectivity index (χ1v) is 14.1. The lowest BCUT2D eigenvalue weighted by Gasteiger charge is -2.65. The SMILES string of the molecule is C=C(CCC(C)C1CCC2C3C[C@@H](OC(C)=O)[C@@]4(O)C[C@@H](O)CC[C@]4(C)C3CC[C@]12C)C(C)C. The second-order valence-electron chi connectivity index (χ2n) is 13.5. The predicted molar refractivity (Wildman–Crippen MR) is 136 cm³/mol. The Hall–Kier alpha value is -0.870. The molecule has 4 heteroatoms. The molecular weight excluding hydrogens is 424 g/mol. The van der Waals surface area contributed by atoms with Crippen molar-refractivity contribution < 1.29 is 19.7 Å². The maximum atomic E-state index is 12.1. The Kier molecular flexibility index (Phi) is 7.10. The van der Waals surface area contributed by atoms with Gasteiger partial charge in [0.1, 0.15) is 11.7 Å². The number of allylic oxidation sites excluding steroid dienone is 1. The maximum absolute atomic E-state index is 12.1. The molecule has 0 radical (unpaired) electrons. The van der Waals surface area contributed by atoms with Crippen LogP contribution in [0.15, 0.2) is 12.2 Å². The molecule has 0 aromatic rings. The van der Waals surface area contributed by atoms with Crippen LogP contribution < -0.4 is 0 Å². The largest absolute Gasteiger partial charge is 0.459 e. The molecule has 4 fully saturated rings. The number of ether oxygens (including phenoxy) is 1. The van der Waals surface area contributed by atoms with Crippen LogP contribution in [0.25, 0.3) is 0 Å². The van der Waals surface area contributed by atoms with E-state index in [9.17, 15) is 15.0 Å². The maximum Gasteiger partial charge on any atom is 0.303 e. The van der Waals surface area contributed by atoms with Gasteiger partial charge in [0.2, 0.25) is 0 Å². The second-order valence-corrected chi connectivity index (χ2v) is 13.5. The van der Waals surface area contributed by atoms with E-state index in [4.69, 9.17) is 4.74 Å². The topological polar surface area (TPSA) is 66.8 Å². The first kappa shape index (κ1) is 26.2. The molecule has 0 aromatic carbocycles. The molecule has 0 bridgehead atoms. The van der Waals surface area contributed by atoms with E-state index in [2.05, 4.69) is 41.2 Å². The molecule has 0 amide bonds. The van der Waals surface area contributed by atoms with Gasteiger partial charge in [-0.1, -0.05) is 46.8 Å². The number of hydrogen-bond acceptors (Lipinski definition) is 4. The van der Waals surface area contributed by atoms with Crippen LogP contribution in [-0.2, 0) is 9.53 Å². The third-order valence-corrected chi connectivity index (χ3v) is 11.6. The van der Waals surface area contributed by atoms with Crippen molar-refractivity contribution in [2.45, 2.75) is 124 Å². The summed E-state index contributed by atoms with van der Waals surface area (Å²) in [7, 11) is 0. The molecule has 4 aliphatic rings. The third-order valence-electron chi connectivity index (χ3n) is 11.6. The van der Waals surface area contributed by atoms with Gasteiger partial charge in [0, 0.05) is 18.8 Å². The number of esters is 1. The molecule has 0 aromatic heterocycles. The summed E-state index contributed by atoms with van der Waals surface area (Å²) in [6.45, 7) is 17.5. The van der Waals surface area contributed by atoms with E-state index in [0.29, 0.717) is 41.4 Å². The molecule has 4 nitrogen and oxygen atoms in total. The zero-order chi connectivity index (χ0) is 25.1. The summed E-state index contributed by atoms with van der Waals surface area (Å²) < 4.78 is 5.86. The van der Waals surface area contributed by atoms with Crippen molar-refractivity contribution in [1.29, 1.82) is 0 Å². The predicted octanol–water partition coefficient (Wildman–Crippen LogP) is 6.29. The van der Waals surface area contributed by atoms with E-state index in [-0.39, 0.29) is 11.4 Å². The summed E-state index contributed by atoms with van der Waals surface area (Å²) in [6, 6.07) is 0. The van der Waals surface area contributed by atoms with Gasteiger partial charge in [0.15, 0.2) is 0 Å². The Morgan fingerprint density at radius 1 is 1.09 bits per heavy atom. The Morgan fingerprint density at radius 2 is 1.79 bits per heavy atom. The van der Waals surface area contributed by atoms with Crippen molar-refractivity contribution in [3.8, 4) is 0 Å². The lowest BCUT2D eigenvalue weighted by molar-refractivity contribution is -0.269. The quantitative estimate of drug-likeness (QED) is 0.351. The van der Waals surface area contributed by atoms with Crippen molar-refractivity contribution in [2.75, 3.05) is 0 Å². The lowest BCUT2D eigenvalue weighted by atomic mass is 9.42. The molecule has 34 heavy (non-hydrogen) atoms. The second kappa shape index (κ2) is 9.21. The van der Waals surface area contributed by atoms with Gasteiger partial charge in [-0.05, 0) is 98.7 Å². The average molecular weight is 475 g/mol. The van der Waals surface area contributed by atoms with Crippen molar-refractivity contribution in [1.82, 2.24) is 0 Å². The Morgan fingerprint density at radius 3 is 2.44 bits per heavy atom. The zero-order valence-corrected chi connectivity index (χ0v) is 22.6. The molecule has 10 atom stereocenters. The van der Waals surface area contributed by atoms with Crippen molar-refractivity contribution >= 4 is 5.97 Å². The lowest BCUT2D eigenvalue weighted by Crippen LogP contribution is -2.69. The summed E-state index contributed by atoms with van der Waals surface area (Å²) in [5, 5.41) is 22.5. The Bertz CT molecular complexity index is 791. The molecule has 5 unspecified atom stereocenters. The summed E-state index contributed by atoms with van der Waals surface area (Å²) >= 11 is 0. The summed E-state index contributed by atoms with van der Waals surface area (Å²) in [5.41, 5.74) is 0.252. The van der Waals surface area contributed by atoms with E-state index in [1.165, 1.54) is 38.2 Å². The highest BCUT2D eigenvalue weighted by atomic mass is 16.6. The standard InChI is InChI=1S/C30H50O4/c1-18(2)19(3)8-9-20(4)24-10-11-25-23-16-27(34-21(5)31)30(33)17-22(32)12-15-29(30,7)26(23)13-14-28(24,25)6/h18,20,22-27,32-33H,3,8-17H2,1-2,4-7H3/t20?,22-,23?,24?,25?,26?,27+,28+,29+,30-/m0/s1. The normalized spacial score (nSPS) is 46.9. The number of hydrogen-bond donors (Lipinski definition) is 2. The number of aliphatic hydroxyl groups is 2. The summed E-state index contributed by atoms with van der Waals surface area (Å²) in [4.78, 5) is 12.1. The van der Waals surface area contributed by atoms with E-state index >= 15 is 0 Å². The van der Waals surface area contributed by atoms with E-state index in [1.807, 2.05) is 0 Å². The van der Waals surface area contributed by atoms with Gasteiger partial charge >= 0.3 is 5.97 Å². The first-order valence-electron chi connectivity index (χ1n) is 14.1. The van der Waals surface area contributed by atoms with Gasteiger partial charge in [-0.25, -0.2) is 0 Å². The highest BCUT2D eigenvalue weighted by Gasteiger charge is 2.68. The van der Waals surface area contributed by atoms with Crippen LogP contribution in [0.4, 0.5) is 0 Å². The number of carbonyl (C=O) groups is 1. The average Bonchev–Trinajstić information content (AvgIpc) is 3.10. The fourth-order valence-corrected chi connectivity index (χ4v) is 9.46. The molecule has 194 valence electrons. The monoisotopic (exact) mass is 474 g/mol.